The van der Waals surface area contributed by atoms with Gasteiger partial charge in [-0.1, -0.05) is 6.08 Å². The molecule has 0 spiro atoms. The average molecular weight is 315 g/mol. The number of hydrogen-bond acceptors (Lipinski definition) is 6. The molecule has 1 aliphatic heterocycles. The van der Waals surface area contributed by atoms with Gasteiger partial charge in [-0.2, -0.15) is 0 Å². The van der Waals surface area contributed by atoms with Gasteiger partial charge in [-0.25, -0.2) is 4.79 Å². The van der Waals surface area contributed by atoms with E-state index in [-0.39, 0.29) is 12.8 Å². The second kappa shape index (κ2) is 7.93. The van der Waals surface area contributed by atoms with Crippen LogP contribution in [0.3, 0.4) is 0 Å². The minimum atomic E-state index is -0.982. The molecule has 1 N–H and O–H groups in total. The molecule has 1 aromatic carbocycles. The summed E-state index contributed by atoms with van der Waals surface area (Å²) in [4.78, 5) is 34.7. The fraction of sp³-hybridized carbons (Fsp3) is 0.235. The molecule has 120 valence electrons. The van der Waals surface area contributed by atoms with Crippen LogP contribution in [0, 0.1) is 0 Å². The number of Topliss-reactive ketones (excluding diaryl/α,β-unsaturated/α-hetero) is 2. The lowest BCUT2D eigenvalue weighted by Gasteiger charge is -2.17. The Morgan fingerprint density at radius 3 is 2.48 bits per heavy atom. The van der Waals surface area contributed by atoms with Gasteiger partial charge in [-0.15, -0.1) is 0 Å². The van der Waals surface area contributed by atoms with Gasteiger partial charge in [0.2, 0.25) is 5.78 Å². The first-order valence-electron chi connectivity index (χ1n) is 7.19. The maximum atomic E-state index is 12.0. The molecule has 0 amide bonds. The molecular formula is C17H17NO5. The van der Waals surface area contributed by atoms with E-state index in [0.29, 0.717) is 11.3 Å². The lowest BCUT2D eigenvalue weighted by Crippen LogP contribution is -2.29. The first kappa shape index (κ1) is 16.5. The summed E-state index contributed by atoms with van der Waals surface area (Å²) in [6.45, 7) is 1.70. The standard InChI is InChI=1S/C17H17NO5/c1-2-22-17(21)15(20)11-14(19)12-6-8-13(9-7-12)23-16-5-3-4-10-18-16/h3-10,16,18H,2,11H2,1H3. The third-order valence-electron chi connectivity index (χ3n) is 3.02. The number of allylic oxidation sites excluding steroid dienone is 2. The van der Waals surface area contributed by atoms with Gasteiger partial charge >= 0.3 is 5.97 Å². The zero-order chi connectivity index (χ0) is 16.7. The van der Waals surface area contributed by atoms with Crippen LogP contribution in [0.15, 0.2) is 48.7 Å². The van der Waals surface area contributed by atoms with E-state index in [0.717, 1.165) is 0 Å². The minimum Gasteiger partial charge on any atom is -0.467 e. The molecule has 1 atom stereocenters. The normalized spacial score (nSPS) is 15.6. The molecule has 0 aliphatic carbocycles. The predicted molar refractivity (Wildman–Crippen MR) is 82.9 cm³/mol. The number of carbonyl (C=O) groups excluding carboxylic acids is 3. The molecule has 6 nitrogen and oxygen atoms in total. The monoisotopic (exact) mass is 315 g/mol. The Hall–Kier alpha value is -2.89. The molecule has 1 aromatic rings. The van der Waals surface area contributed by atoms with Crippen LogP contribution in [0.2, 0.25) is 0 Å². The Morgan fingerprint density at radius 2 is 1.87 bits per heavy atom. The molecule has 0 radical (unpaired) electrons. The Kier molecular flexibility index (Phi) is 5.68. The molecule has 0 aromatic heterocycles. The molecule has 6 heteroatoms. The van der Waals surface area contributed by atoms with E-state index in [4.69, 9.17) is 4.74 Å². The zero-order valence-electron chi connectivity index (χ0n) is 12.7. The molecule has 0 saturated heterocycles. The summed E-state index contributed by atoms with van der Waals surface area (Å²) in [6, 6.07) is 6.38. The quantitative estimate of drug-likeness (QED) is 0.357. The summed E-state index contributed by atoms with van der Waals surface area (Å²) in [5.74, 6) is -1.69. The fourth-order valence-corrected chi connectivity index (χ4v) is 1.90. The summed E-state index contributed by atoms with van der Waals surface area (Å²) in [5.41, 5.74) is 0.335. The van der Waals surface area contributed by atoms with Crippen molar-refractivity contribution in [3.05, 3.63) is 54.3 Å². The number of carbonyl (C=O) groups is 3. The zero-order valence-corrected chi connectivity index (χ0v) is 12.7. The number of dihydropyridines is 1. The van der Waals surface area contributed by atoms with Gasteiger partial charge in [-0.05, 0) is 49.5 Å². The van der Waals surface area contributed by atoms with Crippen LogP contribution in [0.4, 0.5) is 0 Å². The molecule has 0 fully saturated rings. The van der Waals surface area contributed by atoms with Gasteiger partial charge in [-0.3, -0.25) is 9.59 Å². The Balaban J connectivity index is 1.92. The lowest BCUT2D eigenvalue weighted by molar-refractivity contribution is -0.153. The number of rotatable bonds is 7. The molecule has 1 unspecified atom stereocenters. The SMILES string of the molecule is CCOC(=O)C(=O)CC(=O)c1ccc(OC2C=CC=CN2)cc1. The second-order valence-corrected chi connectivity index (χ2v) is 4.72. The molecule has 0 bridgehead atoms. The number of benzene rings is 1. The Morgan fingerprint density at radius 1 is 1.13 bits per heavy atom. The van der Waals surface area contributed by atoms with Crippen LogP contribution in [0.25, 0.3) is 0 Å². The van der Waals surface area contributed by atoms with Gasteiger partial charge in [0.1, 0.15) is 5.75 Å². The van der Waals surface area contributed by atoms with Gasteiger partial charge in [0.25, 0.3) is 0 Å². The highest BCUT2D eigenvalue weighted by atomic mass is 16.5. The average Bonchev–Trinajstić information content (AvgIpc) is 2.56. The lowest BCUT2D eigenvalue weighted by atomic mass is 10.1. The van der Waals surface area contributed by atoms with Gasteiger partial charge in [0.15, 0.2) is 12.0 Å². The molecule has 1 heterocycles. The summed E-state index contributed by atoms with van der Waals surface area (Å²) >= 11 is 0. The molecule has 2 rings (SSSR count). The van der Waals surface area contributed by atoms with Crippen molar-refractivity contribution in [1.82, 2.24) is 5.32 Å². The van der Waals surface area contributed by atoms with Crippen molar-refractivity contribution in [2.75, 3.05) is 6.61 Å². The summed E-state index contributed by atoms with van der Waals surface area (Å²) in [6.07, 6.45) is 6.55. The number of hydrogen-bond donors (Lipinski definition) is 1. The first-order chi connectivity index (χ1) is 11.1. The van der Waals surface area contributed by atoms with E-state index in [9.17, 15) is 14.4 Å². The van der Waals surface area contributed by atoms with Gasteiger partial charge in [0, 0.05) is 5.56 Å². The molecule has 23 heavy (non-hydrogen) atoms. The Bertz CT molecular complexity index is 645. The van der Waals surface area contributed by atoms with Crippen LogP contribution in [-0.2, 0) is 14.3 Å². The van der Waals surface area contributed by atoms with Gasteiger partial charge < -0.3 is 14.8 Å². The van der Waals surface area contributed by atoms with Crippen LogP contribution in [0.5, 0.6) is 5.75 Å². The highest BCUT2D eigenvalue weighted by Gasteiger charge is 2.20. The highest BCUT2D eigenvalue weighted by molar-refractivity contribution is 6.38. The van der Waals surface area contributed by atoms with E-state index in [1.807, 2.05) is 18.2 Å². The van der Waals surface area contributed by atoms with E-state index in [1.54, 1.807) is 37.4 Å². The molecule has 0 saturated carbocycles. The van der Waals surface area contributed by atoms with Crippen molar-refractivity contribution < 1.29 is 23.9 Å². The number of nitrogens with one attached hydrogen (secondary N) is 1. The van der Waals surface area contributed by atoms with Crippen molar-refractivity contribution in [1.29, 1.82) is 0 Å². The minimum absolute atomic E-state index is 0.101. The van der Waals surface area contributed by atoms with Crippen LogP contribution < -0.4 is 10.1 Å². The summed E-state index contributed by atoms with van der Waals surface area (Å²) in [7, 11) is 0. The van der Waals surface area contributed by atoms with Crippen LogP contribution in [0.1, 0.15) is 23.7 Å². The fourth-order valence-electron chi connectivity index (χ4n) is 1.90. The summed E-state index contributed by atoms with van der Waals surface area (Å²) < 4.78 is 10.2. The molecular weight excluding hydrogens is 298 g/mol. The number of esters is 1. The van der Waals surface area contributed by atoms with Crippen LogP contribution >= 0.6 is 0 Å². The summed E-state index contributed by atoms with van der Waals surface area (Å²) in [5, 5.41) is 3.00. The van der Waals surface area contributed by atoms with Crippen molar-refractivity contribution >= 4 is 17.5 Å². The number of ether oxygens (including phenoxy) is 2. The third kappa shape index (κ3) is 4.81. The van der Waals surface area contributed by atoms with Crippen molar-refractivity contribution in [3.63, 3.8) is 0 Å². The molecule has 1 aliphatic rings. The number of ketones is 2. The van der Waals surface area contributed by atoms with E-state index < -0.39 is 24.0 Å². The van der Waals surface area contributed by atoms with Crippen molar-refractivity contribution in [2.24, 2.45) is 0 Å². The largest absolute Gasteiger partial charge is 0.467 e. The van der Waals surface area contributed by atoms with Crippen molar-refractivity contribution in [2.45, 2.75) is 19.6 Å². The van der Waals surface area contributed by atoms with E-state index in [2.05, 4.69) is 10.1 Å². The first-order valence-corrected chi connectivity index (χ1v) is 7.19. The maximum absolute atomic E-state index is 12.0. The maximum Gasteiger partial charge on any atom is 0.375 e. The van der Waals surface area contributed by atoms with Crippen molar-refractivity contribution in [3.8, 4) is 5.75 Å². The van der Waals surface area contributed by atoms with E-state index >= 15 is 0 Å². The predicted octanol–water partition coefficient (Wildman–Crippen LogP) is 1.77. The van der Waals surface area contributed by atoms with E-state index in [1.165, 1.54) is 0 Å². The van der Waals surface area contributed by atoms with Crippen LogP contribution in [-0.4, -0.2) is 30.4 Å². The van der Waals surface area contributed by atoms with Gasteiger partial charge in [0.05, 0.1) is 13.0 Å². The smallest absolute Gasteiger partial charge is 0.375 e. The third-order valence-corrected chi connectivity index (χ3v) is 3.02. The second-order valence-electron chi connectivity index (χ2n) is 4.72. The highest BCUT2D eigenvalue weighted by Crippen LogP contribution is 2.15. The topological polar surface area (TPSA) is 81.7 Å². The Labute approximate surface area is 133 Å².